The number of nitrogens with one attached hydrogen (secondary N) is 1. The third kappa shape index (κ3) is 2.09. The van der Waals surface area contributed by atoms with E-state index in [-0.39, 0.29) is 6.04 Å². The SMILES string of the molecule is COc1ccc(-c2ccc3[nH]c4c(c3c2)CCCC4N)cc1. The molecule has 1 unspecified atom stereocenters. The van der Waals surface area contributed by atoms with Gasteiger partial charge in [-0.2, -0.15) is 0 Å². The van der Waals surface area contributed by atoms with Gasteiger partial charge < -0.3 is 15.5 Å². The van der Waals surface area contributed by atoms with Crippen molar-refractivity contribution in [2.45, 2.75) is 25.3 Å². The summed E-state index contributed by atoms with van der Waals surface area (Å²) < 4.78 is 5.23. The molecule has 0 fully saturated rings. The van der Waals surface area contributed by atoms with Crippen molar-refractivity contribution in [2.75, 3.05) is 7.11 Å². The van der Waals surface area contributed by atoms with Gasteiger partial charge >= 0.3 is 0 Å². The van der Waals surface area contributed by atoms with Gasteiger partial charge in [0.15, 0.2) is 0 Å². The van der Waals surface area contributed by atoms with Crippen LogP contribution < -0.4 is 10.5 Å². The number of benzene rings is 2. The Hall–Kier alpha value is -2.26. The Kier molecular flexibility index (Phi) is 3.16. The predicted molar refractivity (Wildman–Crippen MR) is 90.2 cm³/mol. The summed E-state index contributed by atoms with van der Waals surface area (Å²) in [5.41, 5.74) is 12.5. The molecule has 1 heterocycles. The van der Waals surface area contributed by atoms with Crippen molar-refractivity contribution < 1.29 is 4.74 Å². The van der Waals surface area contributed by atoms with Gasteiger partial charge in [0.25, 0.3) is 0 Å². The lowest BCUT2D eigenvalue weighted by Gasteiger charge is -2.18. The summed E-state index contributed by atoms with van der Waals surface area (Å²) in [6.07, 6.45) is 3.37. The standard InChI is InChI=1S/C19H20N2O/c1-22-14-8-5-12(6-9-14)13-7-10-18-16(11-13)15-3-2-4-17(20)19(15)21-18/h5-11,17,21H,2-4,20H2,1H3. The number of fused-ring (bicyclic) bond motifs is 3. The number of rotatable bonds is 2. The lowest BCUT2D eigenvalue weighted by atomic mass is 9.91. The Bertz CT molecular complexity index is 817. The van der Waals surface area contributed by atoms with E-state index in [4.69, 9.17) is 10.5 Å². The monoisotopic (exact) mass is 292 g/mol. The molecule has 0 saturated carbocycles. The largest absolute Gasteiger partial charge is 0.497 e. The van der Waals surface area contributed by atoms with Gasteiger partial charge in [0, 0.05) is 22.6 Å². The van der Waals surface area contributed by atoms with Crippen molar-refractivity contribution in [3.63, 3.8) is 0 Å². The van der Waals surface area contributed by atoms with Gasteiger partial charge in [-0.25, -0.2) is 0 Å². The van der Waals surface area contributed by atoms with E-state index in [9.17, 15) is 0 Å². The van der Waals surface area contributed by atoms with E-state index in [1.807, 2.05) is 12.1 Å². The van der Waals surface area contributed by atoms with Crippen LogP contribution in [0.5, 0.6) is 5.75 Å². The second kappa shape index (κ2) is 5.18. The fourth-order valence-corrected chi connectivity index (χ4v) is 3.46. The molecule has 3 N–H and O–H groups in total. The molecule has 0 aliphatic heterocycles. The molecule has 0 radical (unpaired) electrons. The first-order valence-electron chi connectivity index (χ1n) is 7.81. The number of aryl methyl sites for hydroxylation is 1. The van der Waals surface area contributed by atoms with Gasteiger partial charge in [-0.15, -0.1) is 0 Å². The van der Waals surface area contributed by atoms with Gasteiger partial charge in [0.2, 0.25) is 0 Å². The lowest BCUT2D eigenvalue weighted by molar-refractivity contribution is 0.415. The fraction of sp³-hybridized carbons (Fsp3) is 0.263. The zero-order chi connectivity index (χ0) is 15.1. The lowest BCUT2D eigenvalue weighted by Crippen LogP contribution is -2.16. The average Bonchev–Trinajstić information content (AvgIpc) is 2.94. The number of methoxy groups -OCH3 is 1. The van der Waals surface area contributed by atoms with Crippen LogP contribution in [0.2, 0.25) is 0 Å². The third-order valence-electron chi connectivity index (χ3n) is 4.68. The van der Waals surface area contributed by atoms with Crippen molar-refractivity contribution in [3.8, 4) is 16.9 Å². The molecule has 1 aromatic heterocycles. The van der Waals surface area contributed by atoms with Gasteiger partial charge in [0.05, 0.1) is 7.11 Å². The molecule has 0 saturated heterocycles. The summed E-state index contributed by atoms with van der Waals surface area (Å²) >= 11 is 0. The van der Waals surface area contributed by atoms with E-state index in [0.717, 1.165) is 18.6 Å². The molecular formula is C19H20N2O. The zero-order valence-electron chi connectivity index (χ0n) is 12.7. The molecular weight excluding hydrogens is 272 g/mol. The highest BCUT2D eigenvalue weighted by molar-refractivity contribution is 5.89. The predicted octanol–water partition coefficient (Wildman–Crippen LogP) is 4.18. The van der Waals surface area contributed by atoms with Crippen LogP contribution in [0.4, 0.5) is 0 Å². The van der Waals surface area contributed by atoms with Crippen LogP contribution in [0, 0.1) is 0 Å². The highest BCUT2D eigenvalue weighted by atomic mass is 16.5. The highest BCUT2D eigenvalue weighted by Crippen LogP contribution is 2.35. The second-order valence-corrected chi connectivity index (χ2v) is 6.00. The molecule has 1 aliphatic rings. The summed E-state index contributed by atoms with van der Waals surface area (Å²) in [7, 11) is 1.69. The Balaban J connectivity index is 1.82. The van der Waals surface area contributed by atoms with Crippen LogP contribution in [0.1, 0.15) is 30.1 Å². The van der Waals surface area contributed by atoms with E-state index < -0.39 is 0 Å². The van der Waals surface area contributed by atoms with Crippen LogP contribution in [0.3, 0.4) is 0 Å². The third-order valence-corrected chi connectivity index (χ3v) is 4.68. The van der Waals surface area contributed by atoms with Crippen molar-refractivity contribution in [1.82, 2.24) is 4.98 Å². The van der Waals surface area contributed by atoms with Crippen LogP contribution in [0.25, 0.3) is 22.0 Å². The van der Waals surface area contributed by atoms with Crippen LogP contribution in [-0.4, -0.2) is 12.1 Å². The van der Waals surface area contributed by atoms with E-state index in [0.29, 0.717) is 0 Å². The topological polar surface area (TPSA) is 51.0 Å². The Morgan fingerprint density at radius 3 is 2.64 bits per heavy atom. The normalized spacial score (nSPS) is 17.5. The molecule has 0 bridgehead atoms. The van der Waals surface area contributed by atoms with E-state index in [2.05, 4.69) is 35.3 Å². The minimum atomic E-state index is 0.153. The van der Waals surface area contributed by atoms with Crippen LogP contribution >= 0.6 is 0 Å². The summed E-state index contributed by atoms with van der Waals surface area (Å²) in [4.78, 5) is 3.52. The van der Waals surface area contributed by atoms with E-state index in [1.54, 1.807) is 7.11 Å². The van der Waals surface area contributed by atoms with Gasteiger partial charge in [-0.1, -0.05) is 18.2 Å². The minimum absolute atomic E-state index is 0.153. The molecule has 4 rings (SSSR count). The first kappa shape index (κ1) is 13.4. The minimum Gasteiger partial charge on any atom is -0.497 e. The average molecular weight is 292 g/mol. The van der Waals surface area contributed by atoms with Crippen molar-refractivity contribution in [1.29, 1.82) is 0 Å². The zero-order valence-corrected chi connectivity index (χ0v) is 12.7. The quantitative estimate of drug-likeness (QED) is 0.744. The highest BCUT2D eigenvalue weighted by Gasteiger charge is 2.21. The first-order chi connectivity index (χ1) is 10.8. The summed E-state index contributed by atoms with van der Waals surface area (Å²) in [5, 5.41) is 1.32. The Morgan fingerprint density at radius 2 is 1.86 bits per heavy atom. The van der Waals surface area contributed by atoms with E-state index in [1.165, 1.54) is 39.7 Å². The summed E-state index contributed by atoms with van der Waals surface area (Å²) in [6, 6.07) is 15.0. The van der Waals surface area contributed by atoms with Gasteiger partial charge in [-0.05, 0) is 60.2 Å². The summed E-state index contributed by atoms with van der Waals surface area (Å²) in [6.45, 7) is 0. The Labute approximate surface area is 130 Å². The van der Waals surface area contributed by atoms with E-state index >= 15 is 0 Å². The van der Waals surface area contributed by atoms with Crippen molar-refractivity contribution in [3.05, 3.63) is 53.7 Å². The van der Waals surface area contributed by atoms with Crippen LogP contribution in [0.15, 0.2) is 42.5 Å². The maximum Gasteiger partial charge on any atom is 0.118 e. The fourth-order valence-electron chi connectivity index (χ4n) is 3.46. The smallest absolute Gasteiger partial charge is 0.118 e. The number of H-pyrrole nitrogens is 1. The molecule has 0 spiro atoms. The number of ether oxygens (including phenoxy) is 1. The maximum absolute atomic E-state index is 6.25. The second-order valence-electron chi connectivity index (χ2n) is 6.00. The number of aromatic amines is 1. The maximum atomic E-state index is 6.25. The summed E-state index contributed by atoms with van der Waals surface area (Å²) in [5.74, 6) is 0.884. The molecule has 0 amide bonds. The molecule has 112 valence electrons. The number of hydrogen-bond donors (Lipinski definition) is 2. The molecule has 22 heavy (non-hydrogen) atoms. The molecule has 3 heteroatoms. The van der Waals surface area contributed by atoms with Gasteiger partial charge in [-0.3, -0.25) is 0 Å². The molecule has 3 aromatic rings. The number of hydrogen-bond acceptors (Lipinski definition) is 2. The van der Waals surface area contributed by atoms with Crippen molar-refractivity contribution >= 4 is 10.9 Å². The molecule has 1 atom stereocenters. The first-order valence-corrected chi connectivity index (χ1v) is 7.81. The Morgan fingerprint density at radius 1 is 1.09 bits per heavy atom. The number of aromatic nitrogens is 1. The number of nitrogens with two attached hydrogens (primary N) is 1. The van der Waals surface area contributed by atoms with Crippen LogP contribution in [-0.2, 0) is 6.42 Å². The molecule has 3 nitrogen and oxygen atoms in total. The molecule has 2 aromatic carbocycles. The van der Waals surface area contributed by atoms with Crippen molar-refractivity contribution in [2.24, 2.45) is 5.73 Å². The van der Waals surface area contributed by atoms with Gasteiger partial charge in [0.1, 0.15) is 5.75 Å². The molecule has 1 aliphatic carbocycles.